The highest BCUT2D eigenvalue weighted by molar-refractivity contribution is 8.00. The third-order valence-corrected chi connectivity index (χ3v) is 3.65. The summed E-state index contributed by atoms with van der Waals surface area (Å²) in [7, 11) is 2.09. The van der Waals surface area contributed by atoms with Crippen LogP contribution in [0.2, 0.25) is 0 Å². The quantitative estimate of drug-likeness (QED) is 0.349. The van der Waals surface area contributed by atoms with Gasteiger partial charge in [0.15, 0.2) is 5.69 Å². The van der Waals surface area contributed by atoms with Gasteiger partial charge >= 0.3 is 0 Å². The number of halogens is 1. The molecule has 10 heavy (non-hydrogen) atoms. The van der Waals surface area contributed by atoms with Gasteiger partial charge in [-0.05, 0) is 18.0 Å². The van der Waals surface area contributed by atoms with Gasteiger partial charge in [-0.3, -0.25) is 0 Å². The summed E-state index contributed by atoms with van der Waals surface area (Å²) in [6.45, 7) is 2.12. The average molecular weight is 287 g/mol. The summed E-state index contributed by atoms with van der Waals surface area (Å²) < 4.78 is 3.57. The van der Waals surface area contributed by atoms with Crippen molar-refractivity contribution < 1.29 is 28.5 Å². The Labute approximate surface area is 86.9 Å². The first-order valence-electron chi connectivity index (χ1n) is 2.74. The number of thiazole rings is 1. The number of hydrogen-bond donors (Lipinski definition) is 0. The van der Waals surface area contributed by atoms with Crippen LogP contribution in [-0.4, -0.2) is 6.26 Å². The van der Waals surface area contributed by atoms with E-state index in [0.717, 1.165) is 0 Å². The van der Waals surface area contributed by atoms with Gasteiger partial charge in [-0.25, -0.2) is 0 Å². The molecule has 0 saturated heterocycles. The number of aryl methyl sites for hydroxylation is 1. The van der Waals surface area contributed by atoms with Crippen LogP contribution in [0.4, 0.5) is 0 Å². The average Bonchev–Trinajstić information content (AvgIpc) is 2.15. The molecule has 0 bridgehead atoms. The van der Waals surface area contributed by atoms with E-state index in [9.17, 15) is 0 Å². The summed E-state index contributed by atoms with van der Waals surface area (Å²) >= 11 is 3.60. The lowest BCUT2D eigenvalue weighted by Crippen LogP contribution is -3.00. The van der Waals surface area contributed by atoms with Crippen molar-refractivity contribution in [2.75, 3.05) is 6.26 Å². The summed E-state index contributed by atoms with van der Waals surface area (Å²) in [6, 6.07) is 0. The van der Waals surface area contributed by atoms with Crippen LogP contribution < -0.4 is 28.5 Å². The second-order valence-corrected chi connectivity index (χ2v) is 3.82. The van der Waals surface area contributed by atoms with Crippen molar-refractivity contribution in [3.8, 4) is 0 Å². The molecule has 0 aliphatic rings. The van der Waals surface area contributed by atoms with Gasteiger partial charge in [0.05, 0.1) is 5.38 Å². The molecule has 0 radical (unpaired) electrons. The Hall–Kier alpha value is 0.710. The Balaban J connectivity index is 0.000000810. The number of thioether (sulfide) groups is 1. The summed E-state index contributed by atoms with van der Waals surface area (Å²) in [5.41, 5.74) is 1.34. The normalized spacial score (nSPS) is 9.10. The van der Waals surface area contributed by atoms with Crippen LogP contribution in [0, 0.1) is 6.92 Å². The van der Waals surface area contributed by atoms with E-state index in [4.69, 9.17) is 0 Å². The Morgan fingerprint density at radius 1 is 1.60 bits per heavy atom. The summed E-state index contributed by atoms with van der Waals surface area (Å²) in [4.78, 5) is 0. The highest BCUT2D eigenvalue weighted by Crippen LogP contribution is 2.16. The largest absolute Gasteiger partial charge is 1.00 e. The summed E-state index contributed by atoms with van der Waals surface area (Å²) in [6.07, 6.45) is 2.10. The molecular weight excluding hydrogens is 277 g/mol. The van der Waals surface area contributed by atoms with Crippen molar-refractivity contribution in [1.29, 1.82) is 0 Å². The highest BCUT2D eigenvalue weighted by Gasteiger charge is 2.09. The van der Waals surface area contributed by atoms with Crippen molar-refractivity contribution in [2.24, 2.45) is 7.05 Å². The van der Waals surface area contributed by atoms with E-state index in [1.807, 2.05) is 0 Å². The predicted molar refractivity (Wildman–Crippen MR) is 42.0 cm³/mol. The van der Waals surface area contributed by atoms with E-state index in [2.05, 4.69) is 30.2 Å². The molecule has 0 spiro atoms. The minimum Gasteiger partial charge on any atom is -1.00 e. The lowest BCUT2D eigenvalue weighted by molar-refractivity contribution is -0.707. The summed E-state index contributed by atoms with van der Waals surface area (Å²) in [5.74, 6) is 0. The number of hydrogen-bond acceptors (Lipinski definition) is 2. The van der Waals surface area contributed by atoms with Crippen molar-refractivity contribution in [1.82, 2.24) is 0 Å². The first-order valence-corrected chi connectivity index (χ1v) is 4.84. The van der Waals surface area contributed by atoms with E-state index < -0.39 is 0 Å². The van der Waals surface area contributed by atoms with Gasteiger partial charge in [-0.2, -0.15) is 4.57 Å². The standard InChI is InChI=1S/C6H10NS2.HI/c1-5-4-9-6(8-3)7(5)2;/h4H,1-3H3;1H/q+1;/p-1. The van der Waals surface area contributed by atoms with E-state index in [-0.39, 0.29) is 24.0 Å². The van der Waals surface area contributed by atoms with Gasteiger partial charge in [0.2, 0.25) is 0 Å². The second kappa shape index (κ2) is 4.56. The van der Waals surface area contributed by atoms with Gasteiger partial charge in [0, 0.05) is 6.92 Å². The van der Waals surface area contributed by atoms with Gasteiger partial charge in [0.25, 0.3) is 4.34 Å². The van der Waals surface area contributed by atoms with Gasteiger partial charge < -0.3 is 24.0 Å². The molecule has 0 aromatic carbocycles. The Morgan fingerprint density at radius 2 is 2.20 bits per heavy atom. The lowest BCUT2D eigenvalue weighted by atomic mass is 10.6. The third kappa shape index (κ3) is 2.10. The zero-order valence-electron chi connectivity index (χ0n) is 6.22. The van der Waals surface area contributed by atoms with Crippen LogP contribution >= 0.6 is 23.1 Å². The van der Waals surface area contributed by atoms with E-state index in [1.165, 1.54) is 10.0 Å². The van der Waals surface area contributed by atoms with E-state index >= 15 is 0 Å². The minimum atomic E-state index is 0. The molecule has 0 amide bonds. The van der Waals surface area contributed by atoms with Crippen LogP contribution in [0.5, 0.6) is 0 Å². The minimum absolute atomic E-state index is 0. The molecule has 0 atom stereocenters. The number of aromatic nitrogens is 1. The Bertz CT molecular complexity index is 210. The van der Waals surface area contributed by atoms with Crippen LogP contribution in [-0.2, 0) is 7.05 Å². The second-order valence-electron chi connectivity index (χ2n) is 1.91. The first-order chi connectivity index (χ1) is 4.25. The SMILES string of the molecule is CSc1scc(C)[n+]1C.[I-]. The molecule has 0 aliphatic heterocycles. The van der Waals surface area contributed by atoms with Gasteiger partial charge in [0.1, 0.15) is 7.05 Å². The van der Waals surface area contributed by atoms with E-state index in [1.54, 1.807) is 23.1 Å². The topological polar surface area (TPSA) is 3.88 Å². The van der Waals surface area contributed by atoms with Gasteiger partial charge in [-0.1, -0.05) is 11.3 Å². The zero-order chi connectivity index (χ0) is 6.85. The molecule has 1 rings (SSSR count). The van der Waals surface area contributed by atoms with Crippen LogP contribution in [0.3, 0.4) is 0 Å². The Morgan fingerprint density at radius 3 is 2.40 bits per heavy atom. The first kappa shape index (κ1) is 10.7. The molecule has 4 heteroatoms. The maximum atomic E-state index is 2.20. The smallest absolute Gasteiger partial charge is 0.297 e. The molecule has 58 valence electrons. The fourth-order valence-electron chi connectivity index (χ4n) is 0.623. The molecular formula is C6H10INS2. The molecule has 0 fully saturated rings. The molecule has 0 aliphatic carbocycles. The number of nitrogens with zero attached hydrogens (tertiary/aromatic N) is 1. The molecule has 0 unspecified atom stereocenters. The fourth-order valence-corrected chi connectivity index (χ4v) is 2.30. The maximum absolute atomic E-state index is 2.20. The molecule has 1 heterocycles. The molecule has 0 N–H and O–H groups in total. The van der Waals surface area contributed by atoms with E-state index in [0.29, 0.717) is 0 Å². The molecule has 1 nitrogen and oxygen atoms in total. The van der Waals surface area contributed by atoms with Gasteiger partial charge in [-0.15, -0.1) is 0 Å². The van der Waals surface area contributed by atoms with Crippen molar-refractivity contribution in [3.63, 3.8) is 0 Å². The monoisotopic (exact) mass is 287 g/mol. The maximum Gasteiger partial charge on any atom is 0.297 e. The Kier molecular flexibility index (Phi) is 4.88. The zero-order valence-corrected chi connectivity index (χ0v) is 10.0. The third-order valence-electron chi connectivity index (χ3n) is 1.31. The van der Waals surface area contributed by atoms with Crippen molar-refractivity contribution >= 4 is 23.1 Å². The lowest BCUT2D eigenvalue weighted by Gasteiger charge is -1.84. The van der Waals surface area contributed by atoms with Crippen molar-refractivity contribution in [2.45, 2.75) is 11.3 Å². The molecule has 1 aromatic rings. The number of rotatable bonds is 1. The fraction of sp³-hybridized carbons (Fsp3) is 0.500. The predicted octanol–water partition coefficient (Wildman–Crippen LogP) is -1.39. The van der Waals surface area contributed by atoms with Crippen LogP contribution in [0.25, 0.3) is 0 Å². The van der Waals surface area contributed by atoms with Crippen LogP contribution in [0.15, 0.2) is 9.72 Å². The molecule has 1 aromatic heterocycles. The highest BCUT2D eigenvalue weighted by atomic mass is 127. The van der Waals surface area contributed by atoms with Crippen LogP contribution in [0.1, 0.15) is 5.69 Å². The molecule has 0 saturated carbocycles. The summed E-state index contributed by atoms with van der Waals surface area (Å²) in [5, 5.41) is 2.17. The van der Waals surface area contributed by atoms with Crippen molar-refractivity contribution in [3.05, 3.63) is 11.1 Å².